The van der Waals surface area contributed by atoms with Crippen LogP contribution in [-0.4, -0.2) is 13.2 Å². The summed E-state index contributed by atoms with van der Waals surface area (Å²) in [7, 11) is 0. The minimum Gasteiger partial charge on any atom is -0.303 e. The van der Waals surface area contributed by atoms with Crippen molar-refractivity contribution in [3.63, 3.8) is 0 Å². The van der Waals surface area contributed by atoms with Gasteiger partial charge in [0.1, 0.15) is 0 Å². The number of benzene rings is 1. The average Bonchev–Trinajstić information content (AvgIpc) is 2.25. The molecule has 0 radical (unpaired) electrons. The molecule has 0 aromatic heterocycles. The van der Waals surface area contributed by atoms with Gasteiger partial charge in [-0.3, -0.25) is 5.84 Å². The minimum absolute atomic E-state index is 0.610. The lowest BCUT2D eigenvalue weighted by atomic mass is 10.0. The van der Waals surface area contributed by atoms with Gasteiger partial charge in [-0.2, -0.15) is 0 Å². The zero-order valence-corrected chi connectivity index (χ0v) is 9.59. The van der Waals surface area contributed by atoms with Crippen molar-refractivity contribution in [2.75, 3.05) is 13.2 Å². The van der Waals surface area contributed by atoms with E-state index < -0.39 is 0 Å². The van der Waals surface area contributed by atoms with Gasteiger partial charge in [0.15, 0.2) is 0 Å². The first kappa shape index (κ1) is 12.2. The van der Waals surface area contributed by atoms with Crippen molar-refractivity contribution in [2.45, 2.75) is 26.2 Å². The first-order chi connectivity index (χ1) is 7.24. The van der Waals surface area contributed by atoms with E-state index in [0.29, 0.717) is 12.6 Å². The van der Waals surface area contributed by atoms with E-state index in [-0.39, 0.29) is 0 Å². The van der Waals surface area contributed by atoms with E-state index in [4.69, 9.17) is 5.84 Å². The van der Waals surface area contributed by atoms with E-state index in [2.05, 4.69) is 48.9 Å². The Balaban J connectivity index is 2.36. The van der Waals surface area contributed by atoms with Gasteiger partial charge in [0.2, 0.25) is 0 Å². The van der Waals surface area contributed by atoms with Crippen molar-refractivity contribution in [1.82, 2.24) is 10.7 Å². The van der Waals surface area contributed by atoms with E-state index in [9.17, 15) is 0 Å². The third kappa shape index (κ3) is 4.42. The molecule has 1 aromatic carbocycles. The lowest BCUT2D eigenvalue weighted by Gasteiger charge is -2.07. The van der Waals surface area contributed by atoms with Crippen LogP contribution in [0.5, 0.6) is 0 Å². The molecule has 3 heteroatoms. The largest absolute Gasteiger partial charge is 0.303 e. The van der Waals surface area contributed by atoms with Crippen LogP contribution in [0.25, 0.3) is 0 Å². The highest BCUT2D eigenvalue weighted by Gasteiger charge is 1.98. The zero-order chi connectivity index (χ0) is 11.1. The molecule has 84 valence electrons. The third-order valence-corrected chi connectivity index (χ3v) is 2.46. The molecule has 0 saturated heterocycles. The maximum atomic E-state index is 5.15. The highest BCUT2D eigenvalue weighted by molar-refractivity contribution is 5.24. The van der Waals surface area contributed by atoms with Gasteiger partial charge in [0, 0.05) is 6.54 Å². The predicted octanol–water partition coefficient (Wildman–Crippen LogP) is 1.36. The van der Waals surface area contributed by atoms with Gasteiger partial charge in [0.25, 0.3) is 0 Å². The molecular weight excluding hydrogens is 186 g/mol. The van der Waals surface area contributed by atoms with Crippen molar-refractivity contribution in [3.8, 4) is 0 Å². The molecular formula is C12H21N3. The van der Waals surface area contributed by atoms with E-state index in [1.807, 2.05) is 0 Å². The highest BCUT2D eigenvalue weighted by atomic mass is 15.3. The summed E-state index contributed by atoms with van der Waals surface area (Å²) < 4.78 is 0. The Hall–Kier alpha value is -0.900. The van der Waals surface area contributed by atoms with Gasteiger partial charge in [-0.05, 0) is 23.5 Å². The lowest BCUT2D eigenvalue weighted by Crippen LogP contribution is -2.34. The van der Waals surface area contributed by atoms with Crippen LogP contribution in [-0.2, 0) is 6.42 Å². The van der Waals surface area contributed by atoms with Crippen LogP contribution in [0.15, 0.2) is 24.3 Å². The lowest BCUT2D eigenvalue weighted by molar-refractivity contribution is 0.602. The van der Waals surface area contributed by atoms with E-state index in [1.165, 1.54) is 11.1 Å². The molecule has 1 rings (SSSR count). The van der Waals surface area contributed by atoms with Crippen molar-refractivity contribution in [1.29, 1.82) is 0 Å². The van der Waals surface area contributed by atoms with Crippen LogP contribution < -0.4 is 16.6 Å². The van der Waals surface area contributed by atoms with Crippen molar-refractivity contribution < 1.29 is 0 Å². The Morgan fingerprint density at radius 2 is 1.87 bits per heavy atom. The molecule has 0 spiro atoms. The Labute approximate surface area is 92.0 Å². The molecule has 0 bridgehead atoms. The van der Waals surface area contributed by atoms with Crippen molar-refractivity contribution in [2.24, 2.45) is 5.84 Å². The molecule has 3 nitrogen and oxygen atoms in total. The first-order valence-electron chi connectivity index (χ1n) is 5.47. The maximum absolute atomic E-state index is 5.15. The SMILES string of the molecule is CC(C)c1ccc(CCNCNN)cc1. The molecule has 0 saturated carbocycles. The molecule has 0 aliphatic heterocycles. The summed E-state index contributed by atoms with van der Waals surface area (Å²) in [6, 6.07) is 8.82. The maximum Gasteiger partial charge on any atom is 0.0587 e. The number of hydrogen-bond acceptors (Lipinski definition) is 3. The molecule has 0 atom stereocenters. The minimum atomic E-state index is 0.610. The summed E-state index contributed by atoms with van der Waals surface area (Å²) in [4.78, 5) is 0. The number of nitrogens with one attached hydrogen (secondary N) is 2. The Kier molecular flexibility index (Phi) is 5.32. The van der Waals surface area contributed by atoms with E-state index in [1.54, 1.807) is 0 Å². The number of hydrogen-bond donors (Lipinski definition) is 3. The predicted molar refractivity (Wildman–Crippen MR) is 64.4 cm³/mol. The fourth-order valence-electron chi connectivity index (χ4n) is 1.46. The van der Waals surface area contributed by atoms with Gasteiger partial charge < -0.3 is 5.32 Å². The summed E-state index contributed by atoms with van der Waals surface area (Å²) >= 11 is 0. The summed E-state index contributed by atoms with van der Waals surface area (Å²) in [6.07, 6.45) is 1.04. The normalized spacial score (nSPS) is 10.9. The molecule has 0 aliphatic carbocycles. The van der Waals surface area contributed by atoms with Crippen LogP contribution in [0.3, 0.4) is 0 Å². The van der Waals surface area contributed by atoms with Gasteiger partial charge >= 0.3 is 0 Å². The smallest absolute Gasteiger partial charge is 0.0587 e. The summed E-state index contributed by atoms with van der Waals surface area (Å²) in [5.74, 6) is 5.76. The zero-order valence-electron chi connectivity index (χ0n) is 9.59. The topological polar surface area (TPSA) is 50.1 Å². The number of nitrogens with two attached hydrogens (primary N) is 1. The standard InChI is InChI=1S/C12H21N3/c1-10(2)12-5-3-11(4-6-12)7-8-14-9-15-13/h3-6,10,14-15H,7-9,13H2,1-2H3. The second-order valence-corrected chi connectivity index (χ2v) is 4.03. The summed E-state index contributed by atoms with van der Waals surface area (Å²) in [5.41, 5.74) is 5.33. The van der Waals surface area contributed by atoms with Gasteiger partial charge in [0.05, 0.1) is 6.67 Å². The highest BCUT2D eigenvalue weighted by Crippen LogP contribution is 2.14. The van der Waals surface area contributed by atoms with Gasteiger partial charge in [-0.1, -0.05) is 38.1 Å². The quantitative estimate of drug-likeness (QED) is 0.286. The molecule has 15 heavy (non-hydrogen) atoms. The molecule has 0 unspecified atom stereocenters. The van der Waals surface area contributed by atoms with Gasteiger partial charge in [-0.15, -0.1) is 0 Å². The summed E-state index contributed by atoms with van der Waals surface area (Å²) in [5, 5.41) is 3.18. The first-order valence-corrected chi connectivity index (χ1v) is 5.47. The van der Waals surface area contributed by atoms with Crippen LogP contribution in [0.1, 0.15) is 30.9 Å². The Morgan fingerprint density at radius 1 is 1.20 bits per heavy atom. The van der Waals surface area contributed by atoms with Crippen LogP contribution in [0.2, 0.25) is 0 Å². The molecule has 1 aromatic rings. The Morgan fingerprint density at radius 3 is 2.40 bits per heavy atom. The van der Waals surface area contributed by atoms with Crippen molar-refractivity contribution in [3.05, 3.63) is 35.4 Å². The average molecular weight is 207 g/mol. The third-order valence-electron chi connectivity index (χ3n) is 2.46. The molecule has 0 amide bonds. The fourth-order valence-corrected chi connectivity index (χ4v) is 1.46. The fraction of sp³-hybridized carbons (Fsp3) is 0.500. The molecule has 0 fully saturated rings. The molecule has 0 heterocycles. The van der Waals surface area contributed by atoms with Crippen LogP contribution >= 0.6 is 0 Å². The van der Waals surface area contributed by atoms with E-state index in [0.717, 1.165) is 13.0 Å². The number of rotatable bonds is 6. The van der Waals surface area contributed by atoms with Crippen LogP contribution in [0, 0.1) is 0 Å². The summed E-state index contributed by atoms with van der Waals surface area (Å²) in [6.45, 7) is 6.03. The van der Waals surface area contributed by atoms with Crippen LogP contribution in [0.4, 0.5) is 0 Å². The second kappa shape index (κ2) is 6.56. The monoisotopic (exact) mass is 207 g/mol. The van der Waals surface area contributed by atoms with E-state index >= 15 is 0 Å². The second-order valence-electron chi connectivity index (χ2n) is 4.03. The molecule has 0 aliphatic rings. The van der Waals surface area contributed by atoms with Gasteiger partial charge in [-0.25, -0.2) is 5.43 Å². The van der Waals surface area contributed by atoms with Crippen molar-refractivity contribution >= 4 is 0 Å². The molecule has 4 N–H and O–H groups in total. The Bertz CT molecular complexity index is 267. The number of hydrazine groups is 1.